The Labute approximate surface area is 155 Å². The number of aromatic nitrogens is 2. The molecule has 0 saturated heterocycles. The van der Waals surface area contributed by atoms with Gasteiger partial charge in [-0.15, -0.1) is 0 Å². The molecular weight excluding hydrogens is 359 g/mol. The van der Waals surface area contributed by atoms with Crippen molar-refractivity contribution in [1.29, 1.82) is 0 Å². The molecule has 9 heteroatoms. The fourth-order valence-electron chi connectivity index (χ4n) is 2.00. The smallest absolute Gasteiger partial charge is 0.414 e. The van der Waals surface area contributed by atoms with Gasteiger partial charge in [0.25, 0.3) is 0 Å². The summed E-state index contributed by atoms with van der Waals surface area (Å²) in [5.41, 5.74) is 1.65. The lowest BCUT2D eigenvalue weighted by Crippen LogP contribution is -2.09. The standard InChI is InChI=1S/C16H19FN2O2.C2H2O4/c17-14-7-5-13(6-8-14)16(20)4-2-10-21-9-1-3-15-11-18-12-19-15;3-1(4)2(5)6/h5-8,11-12H,1-4,9-10H2,(H,18,19);(H,3,4)(H,5,6). The van der Waals surface area contributed by atoms with Crippen LogP contribution in [-0.2, 0) is 20.7 Å². The number of carbonyl (C=O) groups is 3. The van der Waals surface area contributed by atoms with Crippen molar-refractivity contribution < 1.29 is 33.7 Å². The van der Waals surface area contributed by atoms with Gasteiger partial charge in [0.15, 0.2) is 5.78 Å². The van der Waals surface area contributed by atoms with E-state index < -0.39 is 11.9 Å². The van der Waals surface area contributed by atoms with Crippen molar-refractivity contribution in [1.82, 2.24) is 9.97 Å². The van der Waals surface area contributed by atoms with Crippen LogP contribution in [0.1, 0.15) is 35.3 Å². The van der Waals surface area contributed by atoms with E-state index in [9.17, 15) is 9.18 Å². The van der Waals surface area contributed by atoms with Crippen LogP contribution in [0.2, 0.25) is 0 Å². The van der Waals surface area contributed by atoms with E-state index in [2.05, 4.69) is 9.97 Å². The minimum atomic E-state index is -1.82. The Morgan fingerprint density at radius 1 is 1.04 bits per heavy atom. The molecule has 2 aromatic rings. The SMILES string of the molecule is O=C(CCCOCCCc1cnc[nH]1)c1ccc(F)cc1.O=C(O)C(=O)O. The first-order valence-corrected chi connectivity index (χ1v) is 8.20. The number of carboxylic acids is 2. The lowest BCUT2D eigenvalue weighted by Gasteiger charge is -2.04. The first-order chi connectivity index (χ1) is 12.9. The average Bonchev–Trinajstić information content (AvgIpc) is 3.15. The zero-order valence-electron chi connectivity index (χ0n) is 14.6. The van der Waals surface area contributed by atoms with Gasteiger partial charge in [0, 0.05) is 37.1 Å². The van der Waals surface area contributed by atoms with Gasteiger partial charge in [-0.05, 0) is 43.5 Å². The zero-order chi connectivity index (χ0) is 20.1. The molecule has 0 amide bonds. The Morgan fingerprint density at radius 3 is 2.22 bits per heavy atom. The predicted molar refractivity (Wildman–Crippen MR) is 93.0 cm³/mol. The molecule has 146 valence electrons. The molecule has 2 rings (SSSR count). The monoisotopic (exact) mass is 380 g/mol. The highest BCUT2D eigenvalue weighted by molar-refractivity contribution is 6.27. The highest BCUT2D eigenvalue weighted by atomic mass is 19.1. The second-order valence-corrected chi connectivity index (χ2v) is 5.44. The van der Waals surface area contributed by atoms with Crippen molar-refractivity contribution >= 4 is 17.7 Å². The van der Waals surface area contributed by atoms with Crippen LogP contribution in [0.25, 0.3) is 0 Å². The lowest BCUT2D eigenvalue weighted by molar-refractivity contribution is -0.159. The van der Waals surface area contributed by atoms with E-state index >= 15 is 0 Å². The number of nitrogens with one attached hydrogen (secondary N) is 1. The molecule has 0 aliphatic rings. The number of hydrogen-bond acceptors (Lipinski definition) is 5. The van der Waals surface area contributed by atoms with Crippen LogP contribution in [0, 0.1) is 5.82 Å². The van der Waals surface area contributed by atoms with Gasteiger partial charge in [-0.1, -0.05) is 0 Å². The number of Topliss-reactive ketones (excluding diaryl/α,β-unsaturated/α-hetero) is 1. The highest BCUT2D eigenvalue weighted by Crippen LogP contribution is 2.07. The van der Waals surface area contributed by atoms with Crippen LogP contribution in [0.15, 0.2) is 36.8 Å². The number of nitrogens with zero attached hydrogens (tertiary/aromatic N) is 1. The number of H-pyrrole nitrogens is 1. The first-order valence-electron chi connectivity index (χ1n) is 8.20. The third-order valence-electron chi connectivity index (χ3n) is 3.33. The molecule has 8 nitrogen and oxygen atoms in total. The van der Waals surface area contributed by atoms with Crippen LogP contribution < -0.4 is 0 Å². The van der Waals surface area contributed by atoms with Crippen molar-refractivity contribution in [2.24, 2.45) is 0 Å². The van der Waals surface area contributed by atoms with E-state index in [0.717, 1.165) is 18.5 Å². The number of imidazole rings is 1. The van der Waals surface area contributed by atoms with Crippen molar-refractivity contribution in [3.05, 3.63) is 53.9 Å². The van der Waals surface area contributed by atoms with Crippen molar-refractivity contribution in [2.45, 2.75) is 25.7 Å². The van der Waals surface area contributed by atoms with E-state index in [1.165, 1.54) is 24.3 Å². The average molecular weight is 380 g/mol. The van der Waals surface area contributed by atoms with Crippen LogP contribution in [-0.4, -0.2) is 51.1 Å². The summed E-state index contributed by atoms with van der Waals surface area (Å²) in [5.74, 6) is -3.95. The maximum Gasteiger partial charge on any atom is 0.414 e. The van der Waals surface area contributed by atoms with Crippen LogP contribution in [0.3, 0.4) is 0 Å². The Bertz CT molecular complexity index is 704. The second kappa shape index (κ2) is 12.3. The number of aliphatic carboxylic acids is 2. The van der Waals surface area contributed by atoms with Crippen LogP contribution in [0.4, 0.5) is 4.39 Å². The molecule has 0 aliphatic heterocycles. The number of ketones is 1. The first kappa shape index (κ1) is 22.0. The topological polar surface area (TPSA) is 130 Å². The van der Waals surface area contributed by atoms with Gasteiger partial charge in [-0.2, -0.15) is 0 Å². The molecule has 27 heavy (non-hydrogen) atoms. The van der Waals surface area contributed by atoms with Crippen molar-refractivity contribution in [2.75, 3.05) is 13.2 Å². The van der Waals surface area contributed by atoms with E-state index in [4.69, 9.17) is 24.5 Å². The van der Waals surface area contributed by atoms with Gasteiger partial charge in [0.1, 0.15) is 5.82 Å². The number of aryl methyl sites for hydroxylation is 1. The minimum Gasteiger partial charge on any atom is -0.473 e. The van der Waals surface area contributed by atoms with Gasteiger partial charge in [-0.25, -0.2) is 19.0 Å². The number of rotatable bonds is 9. The fraction of sp³-hybridized carbons (Fsp3) is 0.333. The van der Waals surface area contributed by atoms with Crippen LogP contribution in [0.5, 0.6) is 0 Å². The number of carboxylic acid groups (broad SMARTS) is 2. The lowest BCUT2D eigenvalue weighted by atomic mass is 10.1. The van der Waals surface area contributed by atoms with E-state index in [1.807, 2.05) is 0 Å². The molecule has 1 heterocycles. The van der Waals surface area contributed by atoms with E-state index in [0.29, 0.717) is 31.6 Å². The molecule has 0 spiro atoms. The Hall–Kier alpha value is -3.07. The molecule has 3 N–H and O–H groups in total. The van der Waals surface area contributed by atoms with Gasteiger partial charge >= 0.3 is 11.9 Å². The summed E-state index contributed by atoms with van der Waals surface area (Å²) in [6.07, 6.45) is 6.41. The summed E-state index contributed by atoms with van der Waals surface area (Å²) in [6, 6.07) is 5.64. The molecule has 0 fully saturated rings. The summed E-state index contributed by atoms with van der Waals surface area (Å²) in [6.45, 7) is 1.24. The van der Waals surface area contributed by atoms with Gasteiger partial charge in [0.05, 0.1) is 6.33 Å². The molecule has 0 atom stereocenters. The summed E-state index contributed by atoms with van der Waals surface area (Å²) in [4.78, 5) is 37.0. The maximum absolute atomic E-state index is 12.7. The number of aromatic amines is 1. The van der Waals surface area contributed by atoms with E-state index in [-0.39, 0.29) is 11.6 Å². The molecule has 0 bridgehead atoms. The summed E-state index contributed by atoms with van der Waals surface area (Å²) < 4.78 is 18.2. The van der Waals surface area contributed by atoms with Gasteiger partial charge in [-0.3, -0.25) is 4.79 Å². The summed E-state index contributed by atoms with van der Waals surface area (Å²) in [7, 11) is 0. The van der Waals surface area contributed by atoms with Gasteiger partial charge in [0.2, 0.25) is 0 Å². The van der Waals surface area contributed by atoms with Gasteiger partial charge < -0.3 is 19.9 Å². The minimum absolute atomic E-state index is 0.0241. The number of halogens is 1. The molecule has 0 aliphatic carbocycles. The third-order valence-corrected chi connectivity index (χ3v) is 3.33. The molecule has 0 saturated carbocycles. The molecule has 0 radical (unpaired) electrons. The fourth-order valence-corrected chi connectivity index (χ4v) is 2.00. The molecule has 0 unspecified atom stereocenters. The number of carbonyl (C=O) groups excluding carboxylic acids is 1. The van der Waals surface area contributed by atoms with E-state index in [1.54, 1.807) is 12.5 Å². The van der Waals surface area contributed by atoms with Crippen molar-refractivity contribution in [3.63, 3.8) is 0 Å². The highest BCUT2D eigenvalue weighted by Gasteiger charge is 2.05. The Morgan fingerprint density at radius 2 is 1.67 bits per heavy atom. The number of ether oxygens (including phenoxy) is 1. The second-order valence-electron chi connectivity index (χ2n) is 5.44. The zero-order valence-corrected chi connectivity index (χ0v) is 14.6. The van der Waals surface area contributed by atoms with Crippen molar-refractivity contribution in [3.8, 4) is 0 Å². The Kier molecular flexibility index (Phi) is 10.0. The largest absolute Gasteiger partial charge is 0.473 e. The number of benzene rings is 1. The van der Waals surface area contributed by atoms with Crippen LogP contribution >= 0.6 is 0 Å². The third kappa shape index (κ3) is 9.85. The summed E-state index contributed by atoms with van der Waals surface area (Å²) >= 11 is 0. The predicted octanol–water partition coefficient (Wildman–Crippen LogP) is 2.32. The number of hydrogen-bond donors (Lipinski definition) is 3. The maximum atomic E-state index is 12.7. The molecule has 1 aromatic heterocycles. The normalized spacial score (nSPS) is 9.96. The quantitative estimate of drug-likeness (QED) is 0.346. The Balaban J connectivity index is 0.000000527. The molecule has 1 aromatic carbocycles. The molecular formula is C18H21FN2O6. The summed E-state index contributed by atoms with van der Waals surface area (Å²) in [5, 5.41) is 14.8.